The number of halogens is 1. The maximum absolute atomic E-state index is 13.0. The summed E-state index contributed by atoms with van der Waals surface area (Å²) in [6.07, 6.45) is 3.43. The molecular weight excluding hydrogens is 385 g/mol. The SMILES string of the molecule is O=C(CCCN1CCC(=C(c2ccccc2)c2ccccc2)CC1)c1ccc(F)cc1. The molecule has 0 unspecified atom stereocenters. The van der Waals surface area contributed by atoms with Crippen LogP contribution in [0.15, 0.2) is 90.5 Å². The van der Waals surface area contributed by atoms with E-state index in [2.05, 4.69) is 65.6 Å². The predicted octanol–water partition coefficient (Wildman–Crippen LogP) is 6.39. The van der Waals surface area contributed by atoms with Gasteiger partial charge < -0.3 is 4.90 Å². The standard InChI is InChI=1S/C28H28FNO/c29-26-15-13-22(14-16-26)27(31)12-7-19-30-20-17-25(18-21-30)28(23-8-3-1-4-9-23)24-10-5-2-6-11-24/h1-6,8-11,13-16H,7,12,17-21H2. The predicted molar refractivity (Wildman–Crippen MR) is 125 cm³/mol. The summed E-state index contributed by atoms with van der Waals surface area (Å²) in [7, 11) is 0. The van der Waals surface area contributed by atoms with Crippen molar-refractivity contribution >= 4 is 11.4 Å². The molecule has 0 amide bonds. The van der Waals surface area contributed by atoms with Crippen LogP contribution >= 0.6 is 0 Å². The Balaban J connectivity index is 1.37. The molecule has 3 heteroatoms. The summed E-state index contributed by atoms with van der Waals surface area (Å²) in [4.78, 5) is 14.8. The van der Waals surface area contributed by atoms with Gasteiger partial charge in [0.05, 0.1) is 0 Å². The molecule has 3 aromatic carbocycles. The van der Waals surface area contributed by atoms with Crippen molar-refractivity contribution in [2.75, 3.05) is 19.6 Å². The van der Waals surface area contributed by atoms with Gasteiger partial charge in [-0.3, -0.25) is 4.79 Å². The van der Waals surface area contributed by atoms with Crippen molar-refractivity contribution in [2.24, 2.45) is 0 Å². The van der Waals surface area contributed by atoms with Gasteiger partial charge in [0, 0.05) is 25.1 Å². The number of nitrogens with zero attached hydrogens (tertiary/aromatic N) is 1. The molecule has 4 rings (SSSR count). The van der Waals surface area contributed by atoms with E-state index in [1.165, 1.54) is 34.4 Å². The van der Waals surface area contributed by atoms with E-state index in [4.69, 9.17) is 0 Å². The van der Waals surface area contributed by atoms with Crippen molar-refractivity contribution in [2.45, 2.75) is 25.7 Å². The molecule has 1 saturated heterocycles. The Hall–Kier alpha value is -3.04. The van der Waals surface area contributed by atoms with E-state index in [1.807, 2.05) is 0 Å². The molecule has 158 valence electrons. The molecule has 0 aliphatic carbocycles. The summed E-state index contributed by atoms with van der Waals surface area (Å²) < 4.78 is 13.0. The monoisotopic (exact) mass is 413 g/mol. The van der Waals surface area contributed by atoms with Crippen LogP contribution in [0.3, 0.4) is 0 Å². The van der Waals surface area contributed by atoms with Crippen molar-refractivity contribution in [3.63, 3.8) is 0 Å². The maximum Gasteiger partial charge on any atom is 0.162 e. The fourth-order valence-corrected chi connectivity index (χ4v) is 4.32. The Morgan fingerprint density at radius 2 is 1.29 bits per heavy atom. The van der Waals surface area contributed by atoms with Gasteiger partial charge in [-0.25, -0.2) is 4.39 Å². The minimum Gasteiger partial charge on any atom is -0.303 e. The summed E-state index contributed by atoms with van der Waals surface area (Å²) >= 11 is 0. The molecule has 0 N–H and O–H groups in total. The number of piperidine rings is 1. The number of carbonyl (C=O) groups is 1. The molecule has 31 heavy (non-hydrogen) atoms. The smallest absolute Gasteiger partial charge is 0.162 e. The third-order valence-corrected chi connectivity index (χ3v) is 5.98. The van der Waals surface area contributed by atoms with Crippen molar-refractivity contribution in [3.05, 3.63) is 113 Å². The van der Waals surface area contributed by atoms with Crippen LogP contribution in [0.2, 0.25) is 0 Å². The Kier molecular flexibility index (Phi) is 7.06. The topological polar surface area (TPSA) is 20.3 Å². The zero-order valence-electron chi connectivity index (χ0n) is 17.8. The number of carbonyl (C=O) groups excluding carboxylic acids is 1. The van der Waals surface area contributed by atoms with Gasteiger partial charge in [-0.2, -0.15) is 0 Å². The number of ketones is 1. The molecule has 3 aromatic rings. The van der Waals surface area contributed by atoms with Crippen LogP contribution in [-0.2, 0) is 0 Å². The average Bonchev–Trinajstić information content (AvgIpc) is 2.82. The zero-order valence-corrected chi connectivity index (χ0v) is 17.8. The van der Waals surface area contributed by atoms with Crippen LogP contribution in [0.25, 0.3) is 5.57 Å². The quantitative estimate of drug-likeness (QED) is 0.419. The molecule has 0 spiro atoms. The number of likely N-dealkylation sites (tertiary alicyclic amines) is 1. The highest BCUT2D eigenvalue weighted by Gasteiger charge is 2.19. The highest BCUT2D eigenvalue weighted by atomic mass is 19.1. The van der Waals surface area contributed by atoms with Crippen molar-refractivity contribution in [3.8, 4) is 0 Å². The van der Waals surface area contributed by atoms with E-state index in [-0.39, 0.29) is 11.6 Å². The number of hydrogen-bond donors (Lipinski definition) is 0. The molecule has 0 bridgehead atoms. The van der Waals surface area contributed by atoms with Gasteiger partial charge in [-0.1, -0.05) is 66.2 Å². The van der Waals surface area contributed by atoms with E-state index in [9.17, 15) is 9.18 Å². The second kappa shape index (κ2) is 10.3. The van der Waals surface area contributed by atoms with Gasteiger partial charge in [0.2, 0.25) is 0 Å². The zero-order chi connectivity index (χ0) is 21.5. The van der Waals surface area contributed by atoms with E-state index >= 15 is 0 Å². The number of Topliss-reactive ketones (excluding diaryl/α,β-unsaturated/α-hetero) is 1. The van der Waals surface area contributed by atoms with Crippen LogP contribution < -0.4 is 0 Å². The van der Waals surface area contributed by atoms with Gasteiger partial charge in [0.15, 0.2) is 5.78 Å². The molecule has 0 radical (unpaired) electrons. The fraction of sp³-hybridized carbons (Fsp3) is 0.250. The first kappa shape index (κ1) is 21.2. The summed E-state index contributed by atoms with van der Waals surface area (Å²) in [5.74, 6) is -0.216. The van der Waals surface area contributed by atoms with Crippen LogP contribution in [0.1, 0.15) is 47.2 Å². The Morgan fingerprint density at radius 1 is 0.742 bits per heavy atom. The first-order valence-electron chi connectivity index (χ1n) is 11.0. The van der Waals surface area contributed by atoms with Crippen LogP contribution in [0.5, 0.6) is 0 Å². The summed E-state index contributed by atoms with van der Waals surface area (Å²) in [6.45, 7) is 2.96. The third kappa shape index (κ3) is 5.56. The normalized spacial score (nSPS) is 14.4. The average molecular weight is 414 g/mol. The van der Waals surface area contributed by atoms with Gasteiger partial charge >= 0.3 is 0 Å². The Bertz CT molecular complexity index is 974. The van der Waals surface area contributed by atoms with Crippen LogP contribution in [0, 0.1) is 5.82 Å². The number of benzene rings is 3. The van der Waals surface area contributed by atoms with Gasteiger partial charge in [0.25, 0.3) is 0 Å². The van der Waals surface area contributed by atoms with Crippen molar-refractivity contribution < 1.29 is 9.18 Å². The third-order valence-electron chi connectivity index (χ3n) is 5.98. The molecule has 0 saturated carbocycles. The lowest BCUT2D eigenvalue weighted by Gasteiger charge is -2.30. The minimum atomic E-state index is -0.306. The van der Waals surface area contributed by atoms with E-state index in [0.717, 1.165) is 38.9 Å². The summed E-state index contributed by atoms with van der Waals surface area (Å²) in [5.41, 5.74) is 6.04. The van der Waals surface area contributed by atoms with Crippen molar-refractivity contribution in [1.29, 1.82) is 0 Å². The first-order chi connectivity index (χ1) is 15.2. The molecule has 1 heterocycles. The molecule has 1 aliphatic rings. The van der Waals surface area contributed by atoms with Crippen molar-refractivity contribution in [1.82, 2.24) is 4.90 Å². The number of rotatable bonds is 7. The number of hydrogen-bond acceptors (Lipinski definition) is 2. The van der Waals surface area contributed by atoms with Gasteiger partial charge in [0.1, 0.15) is 5.82 Å². The summed E-state index contributed by atoms with van der Waals surface area (Å²) in [5, 5.41) is 0. The highest BCUT2D eigenvalue weighted by Crippen LogP contribution is 2.32. The molecule has 0 aromatic heterocycles. The van der Waals surface area contributed by atoms with Gasteiger partial charge in [-0.15, -0.1) is 0 Å². The molecule has 1 aliphatic heterocycles. The largest absolute Gasteiger partial charge is 0.303 e. The second-order valence-corrected chi connectivity index (χ2v) is 8.09. The second-order valence-electron chi connectivity index (χ2n) is 8.09. The van der Waals surface area contributed by atoms with Crippen LogP contribution in [0.4, 0.5) is 4.39 Å². The fourth-order valence-electron chi connectivity index (χ4n) is 4.32. The van der Waals surface area contributed by atoms with E-state index in [1.54, 1.807) is 12.1 Å². The lowest BCUT2D eigenvalue weighted by Crippen LogP contribution is -2.32. The first-order valence-corrected chi connectivity index (χ1v) is 11.0. The van der Waals surface area contributed by atoms with E-state index in [0.29, 0.717) is 12.0 Å². The van der Waals surface area contributed by atoms with E-state index < -0.39 is 0 Å². The Labute approximate surface area is 184 Å². The molecule has 0 atom stereocenters. The molecular formula is C28H28FNO. The minimum absolute atomic E-state index is 0.0908. The van der Waals surface area contributed by atoms with Crippen LogP contribution in [-0.4, -0.2) is 30.3 Å². The lowest BCUT2D eigenvalue weighted by atomic mass is 9.88. The summed E-state index contributed by atoms with van der Waals surface area (Å²) in [6, 6.07) is 27.2. The maximum atomic E-state index is 13.0. The molecule has 2 nitrogen and oxygen atoms in total. The highest BCUT2D eigenvalue weighted by molar-refractivity contribution is 5.95. The lowest BCUT2D eigenvalue weighted by molar-refractivity contribution is 0.0974. The van der Waals surface area contributed by atoms with Gasteiger partial charge in [-0.05, 0) is 66.8 Å². The Morgan fingerprint density at radius 3 is 1.84 bits per heavy atom. The molecule has 1 fully saturated rings.